The highest BCUT2D eigenvalue weighted by Gasteiger charge is 2.14. The molecule has 0 aliphatic rings. The van der Waals surface area contributed by atoms with Gasteiger partial charge in [0.15, 0.2) is 0 Å². The van der Waals surface area contributed by atoms with Crippen LogP contribution < -0.4 is 10.9 Å². The molecule has 1 amide bonds. The van der Waals surface area contributed by atoms with Crippen LogP contribution in [0.3, 0.4) is 0 Å². The van der Waals surface area contributed by atoms with Crippen LogP contribution >= 0.6 is 15.9 Å². The largest absolute Gasteiger partial charge is 0.478 e. The van der Waals surface area contributed by atoms with E-state index in [1.54, 1.807) is 6.07 Å². The Morgan fingerprint density at radius 3 is 2.70 bits per heavy atom. The summed E-state index contributed by atoms with van der Waals surface area (Å²) >= 11 is 3.19. The maximum absolute atomic E-state index is 11.9. The Hall–Kier alpha value is -2.48. The molecule has 8 heteroatoms. The zero-order valence-corrected chi connectivity index (χ0v) is 11.5. The highest BCUT2D eigenvalue weighted by atomic mass is 79.9. The second-order valence-corrected chi connectivity index (χ2v) is 4.66. The molecule has 0 fully saturated rings. The number of hydrogen-bond acceptors (Lipinski definition) is 4. The van der Waals surface area contributed by atoms with Gasteiger partial charge in [-0.15, -0.1) is 0 Å². The van der Waals surface area contributed by atoms with Crippen molar-refractivity contribution < 1.29 is 14.7 Å². The van der Waals surface area contributed by atoms with Crippen LogP contribution in [-0.4, -0.2) is 27.0 Å². The number of H-pyrrole nitrogens is 1. The van der Waals surface area contributed by atoms with E-state index < -0.39 is 17.4 Å². The number of nitrogens with one attached hydrogen (secondary N) is 2. The number of rotatable bonds is 3. The molecule has 0 atom stereocenters. The standard InChI is InChI=1S/C12H8BrN3O4/c13-6-1-2-7(12(19)20)8(3-6)16-11(18)9-4-15-10(17)5-14-9/h1-5H,(H,15,17)(H,16,18)(H,19,20). The van der Waals surface area contributed by atoms with Crippen LogP contribution in [0.2, 0.25) is 0 Å². The van der Waals surface area contributed by atoms with Gasteiger partial charge in [0, 0.05) is 10.7 Å². The second kappa shape index (κ2) is 5.66. The molecular formula is C12H8BrN3O4. The van der Waals surface area contributed by atoms with Gasteiger partial charge in [0.2, 0.25) is 0 Å². The van der Waals surface area contributed by atoms with E-state index in [2.05, 4.69) is 31.2 Å². The summed E-state index contributed by atoms with van der Waals surface area (Å²) in [5, 5.41) is 11.5. The third-order valence-corrected chi connectivity index (χ3v) is 2.86. The molecule has 0 saturated carbocycles. The lowest BCUT2D eigenvalue weighted by Crippen LogP contribution is -2.18. The van der Waals surface area contributed by atoms with Crippen molar-refractivity contribution in [3.8, 4) is 0 Å². The minimum atomic E-state index is -1.16. The van der Waals surface area contributed by atoms with Crippen LogP contribution in [0.1, 0.15) is 20.8 Å². The maximum atomic E-state index is 11.9. The Kier molecular flexibility index (Phi) is 3.94. The molecule has 0 saturated heterocycles. The molecule has 2 rings (SSSR count). The molecule has 0 spiro atoms. The summed E-state index contributed by atoms with van der Waals surface area (Å²) in [6.45, 7) is 0. The van der Waals surface area contributed by atoms with Gasteiger partial charge in [-0.25, -0.2) is 9.78 Å². The molecule has 0 aliphatic carbocycles. The van der Waals surface area contributed by atoms with Crippen molar-refractivity contribution in [3.63, 3.8) is 0 Å². The number of nitrogens with zero attached hydrogens (tertiary/aromatic N) is 1. The Bertz CT molecular complexity index is 721. The van der Waals surface area contributed by atoms with Crippen LogP contribution in [0, 0.1) is 0 Å². The first kappa shape index (κ1) is 13.9. The van der Waals surface area contributed by atoms with Gasteiger partial charge in [-0.05, 0) is 18.2 Å². The molecule has 3 N–H and O–H groups in total. The van der Waals surface area contributed by atoms with E-state index in [0.717, 1.165) is 12.4 Å². The zero-order chi connectivity index (χ0) is 14.7. The smallest absolute Gasteiger partial charge is 0.337 e. The average Bonchev–Trinajstić information content (AvgIpc) is 2.39. The number of aromatic nitrogens is 2. The fourth-order valence-electron chi connectivity index (χ4n) is 1.46. The van der Waals surface area contributed by atoms with Crippen LogP contribution in [-0.2, 0) is 0 Å². The van der Waals surface area contributed by atoms with Crippen molar-refractivity contribution in [1.82, 2.24) is 9.97 Å². The highest BCUT2D eigenvalue weighted by molar-refractivity contribution is 9.10. The van der Waals surface area contributed by atoms with Crippen LogP contribution in [0.5, 0.6) is 0 Å². The number of aromatic carboxylic acids is 1. The van der Waals surface area contributed by atoms with E-state index in [9.17, 15) is 14.4 Å². The van der Waals surface area contributed by atoms with Crippen molar-refractivity contribution in [3.05, 3.63) is 56.7 Å². The number of carbonyl (C=O) groups is 2. The SMILES string of the molecule is O=C(Nc1cc(Br)ccc1C(=O)O)c1c[nH]c(=O)cn1. The lowest BCUT2D eigenvalue weighted by Gasteiger charge is -2.08. The summed E-state index contributed by atoms with van der Waals surface area (Å²) in [5.74, 6) is -1.79. The van der Waals surface area contributed by atoms with E-state index in [-0.39, 0.29) is 16.9 Å². The van der Waals surface area contributed by atoms with Gasteiger partial charge in [-0.2, -0.15) is 0 Å². The number of carboxylic acid groups (broad SMARTS) is 1. The topological polar surface area (TPSA) is 112 Å². The molecule has 1 heterocycles. The third-order valence-electron chi connectivity index (χ3n) is 2.36. The molecule has 0 aliphatic heterocycles. The first-order valence-electron chi connectivity index (χ1n) is 5.36. The lowest BCUT2D eigenvalue weighted by atomic mass is 10.2. The van der Waals surface area contributed by atoms with Crippen molar-refractivity contribution in [1.29, 1.82) is 0 Å². The van der Waals surface area contributed by atoms with E-state index in [0.29, 0.717) is 4.47 Å². The third kappa shape index (κ3) is 3.09. The summed E-state index contributed by atoms with van der Waals surface area (Å²) < 4.78 is 0.618. The second-order valence-electron chi connectivity index (χ2n) is 3.75. The Balaban J connectivity index is 2.32. The number of amides is 1. The fourth-order valence-corrected chi connectivity index (χ4v) is 1.82. The molecule has 0 unspecified atom stereocenters. The number of carbonyl (C=O) groups excluding carboxylic acids is 1. The number of aromatic amines is 1. The van der Waals surface area contributed by atoms with Crippen molar-refractivity contribution in [2.45, 2.75) is 0 Å². The summed E-state index contributed by atoms with van der Waals surface area (Å²) in [6.07, 6.45) is 2.12. The monoisotopic (exact) mass is 337 g/mol. The Morgan fingerprint density at radius 2 is 2.10 bits per heavy atom. The lowest BCUT2D eigenvalue weighted by molar-refractivity contribution is 0.0698. The number of carboxylic acids is 1. The van der Waals surface area contributed by atoms with E-state index >= 15 is 0 Å². The van der Waals surface area contributed by atoms with Gasteiger partial charge in [0.25, 0.3) is 11.5 Å². The van der Waals surface area contributed by atoms with Crippen molar-refractivity contribution >= 4 is 33.5 Å². The normalized spacial score (nSPS) is 10.1. The predicted molar refractivity (Wildman–Crippen MR) is 73.9 cm³/mol. The van der Waals surface area contributed by atoms with Crippen LogP contribution in [0.4, 0.5) is 5.69 Å². The van der Waals surface area contributed by atoms with Gasteiger partial charge >= 0.3 is 5.97 Å². The van der Waals surface area contributed by atoms with Gasteiger partial charge < -0.3 is 15.4 Å². The highest BCUT2D eigenvalue weighted by Crippen LogP contribution is 2.22. The summed E-state index contributed by atoms with van der Waals surface area (Å²) in [6, 6.07) is 4.38. The molecule has 2 aromatic rings. The van der Waals surface area contributed by atoms with Crippen molar-refractivity contribution in [2.24, 2.45) is 0 Å². The summed E-state index contributed by atoms with van der Waals surface area (Å²) in [7, 11) is 0. The Morgan fingerprint density at radius 1 is 1.35 bits per heavy atom. The van der Waals surface area contributed by atoms with Crippen molar-refractivity contribution in [2.75, 3.05) is 5.32 Å². The number of halogens is 1. The number of benzene rings is 1. The Labute approximate surface area is 120 Å². The van der Waals surface area contributed by atoms with Crippen LogP contribution in [0.15, 0.2) is 39.9 Å². The molecule has 1 aromatic carbocycles. The summed E-state index contributed by atoms with van der Waals surface area (Å²) in [5.41, 5.74) is -0.382. The first-order chi connectivity index (χ1) is 9.47. The molecule has 20 heavy (non-hydrogen) atoms. The molecule has 1 aromatic heterocycles. The van der Waals surface area contributed by atoms with Crippen LogP contribution in [0.25, 0.3) is 0 Å². The van der Waals surface area contributed by atoms with E-state index in [4.69, 9.17) is 5.11 Å². The van der Waals surface area contributed by atoms with E-state index in [1.807, 2.05) is 0 Å². The first-order valence-corrected chi connectivity index (χ1v) is 6.15. The minimum absolute atomic E-state index is 0.0269. The number of anilines is 1. The maximum Gasteiger partial charge on any atom is 0.337 e. The van der Waals surface area contributed by atoms with Gasteiger partial charge in [0.1, 0.15) is 5.69 Å². The molecule has 102 valence electrons. The quantitative estimate of drug-likeness (QED) is 0.785. The average molecular weight is 338 g/mol. The molecular weight excluding hydrogens is 330 g/mol. The zero-order valence-electron chi connectivity index (χ0n) is 9.88. The minimum Gasteiger partial charge on any atom is -0.478 e. The molecule has 0 bridgehead atoms. The fraction of sp³-hybridized carbons (Fsp3) is 0. The summed E-state index contributed by atoms with van der Waals surface area (Å²) in [4.78, 5) is 39.8. The molecule has 0 radical (unpaired) electrons. The van der Waals surface area contributed by atoms with E-state index in [1.165, 1.54) is 12.1 Å². The van der Waals surface area contributed by atoms with Gasteiger partial charge in [-0.1, -0.05) is 15.9 Å². The predicted octanol–water partition coefficient (Wildman–Crippen LogP) is 1.48. The number of hydrogen-bond donors (Lipinski definition) is 3. The van der Waals surface area contributed by atoms with Gasteiger partial charge in [-0.3, -0.25) is 9.59 Å². The molecule has 7 nitrogen and oxygen atoms in total. The van der Waals surface area contributed by atoms with Gasteiger partial charge in [0.05, 0.1) is 17.4 Å².